The first-order valence-electron chi connectivity index (χ1n) is 7.38. The monoisotopic (exact) mass is 311 g/mol. The van der Waals surface area contributed by atoms with Crippen LogP contribution in [0.25, 0.3) is 0 Å². The van der Waals surface area contributed by atoms with Gasteiger partial charge >= 0.3 is 0 Å². The molecule has 0 bridgehead atoms. The highest BCUT2D eigenvalue weighted by molar-refractivity contribution is 5.97. The number of nitrogens with one attached hydrogen (secondary N) is 2. The fourth-order valence-corrected chi connectivity index (χ4v) is 2.32. The van der Waals surface area contributed by atoms with Crippen LogP contribution in [0.15, 0.2) is 42.7 Å². The van der Waals surface area contributed by atoms with E-state index in [1.165, 1.54) is 0 Å². The van der Waals surface area contributed by atoms with Crippen molar-refractivity contribution < 1.29 is 14.3 Å². The molecule has 3 rings (SSSR count). The van der Waals surface area contributed by atoms with Gasteiger partial charge in [-0.15, -0.1) is 0 Å². The van der Waals surface area contributed by atoms with Crippen LogP contribution in [-0.4, -0.2) is 22.9 Å². The van der Waals surface area contributed by atoms with Gasteiger partial charge in [-0.2, -0.15) is 0 Å². The van der Waals surface area contributed by atoms with Gasteiger partial charge in [-0.25, -0.2) is 0 Å². The summed E-state index contributed by atoms with van der Waals surface area (Å²) >= 11 is 0. The first-order valence-corrected chi connectivity index (χ1v) is 7.38. The molecule has 1 atom stereocenters. The highest BCUT2D eigenvalue weighted by atomic mass is 16.5. The quantitative estimate of drug-likeness (QED) is 0.900. The zero-order chi connectivity index (χ0) is 16.2. The van der Waals surface area contributed by atoms with E-state index < -0.39 is 6.10 Å². The lowest BCUT2D eigenvalue weighted by molar-refractivity contribution is -0.122. The molecule has 0 aliphatic carbocycles. The molecule has 1 unspecified atom stereocenters. The number of amides is 2. The third kappa shape index (κ3) is 3.66. The summed E-state index contributed by atoms with van der Waals surface area (Å²) in [6.07, 6.45) is 3.12. The van der Waals surface area contributed by atoms with Gasteiger partial charge in [-0.1, -0.05) is 6.07 Å². The number of aromatic nitrogens is 1. The Hall–Kier alpha value is -2.89. The van der Waals surface area contributed by atoms with E-state index in [4.69, 9.17) is 4.74 Å². The standard InChI is InChI=1S/C17H17N3O3/c1-11-17(22)20-14-8-13(2-3-15(14)23-11)9-16(21)19-10-12-4-6-18-7-5-12/h2-8,11H,9-10H2,1H3,(H,19,21)(H,20,22). The van der Waals surface area contributed by atoms with E-state index in [1.54, 1.807) is 31.5 Å². The predicted molar refractivity (Wildman–Crippen MR) is 84.9 cm³/mol. The number of carbonyl (C=O) groups excluding carboxylic acids is 2. The summed E-state index contributed by atoms with van der Waals surface area (Å²) in [6, 6.07) is 9.08. The van der Waals surface area contributed by atoms with Crippen molar-refractivity contribution in [1.29, 1.82) is 0 Å². The third-order valence-electron chi connectivity index (χ3n) is 3.58. The molecule has 1 aromatic heterocycles. The van der Waals surface area contributed by atoms with Crippen molar-refractivity contribution in [3.8, 4) is 5.75 Å². The summed E-state index contributed by atoms with van der Waals surface area (Å²) in [7, 11) is 0. The molecule has 23 heavy (non-hydrogen) atoms. The molecule has 6 heteroatoms. The second kappa shape index (κ2) is 6.48. The Bertz CT molecular complexity index is 731. The minimum absolute atomic E-state index is 0.0850. The van der Waals surface area contributed by atoms with Crippen LogP contribution in [0.3, 0.4) is 0 Å². The molecule has 118 valence electrons. The van der Waals surface area contributed by atoms with Crippen molar-refractivity contribution in [1.82, 2.24) is 10.3 Å². The Morgan fingerprint density at radius 3 is 2.83 bits per heavy atom. The summed E-state index contributed by atoms with van der Waals surface area (Å²) in [5.74, 6) is 0.355. The van der Waals surface area contributed by atoms with Crippen LogP contribution in [0, 0.1) is 0 Å². The number of benzene rings is 1. The summed E-state index contributed by atoms with van der Waals surface area (Å²) in [4.78, 5) is 27.6. The molecule has 1 aliphatic heterocycles. The molecular formula is C17H17N3O3. The van der Waals surface area contributed by atoms with Crippen LogP contribution in [0.2, 0.25) is 0 Å². The van der Waals surface area contributed by atoms with Gasteiger partial charge in [0.2, 0.25) is 5.91 Å². The SMILES string of the molecule is CC1Oc2ccc(CC(=O)NCc3ccncc3)cc2NC1=O. The van der Waals surface area contributed by atoms with Crippen LogP contribution < -0.4 is 15.4 Å². The molecular weight excluding hydrogens is 294 g/mol. The average molecular weight is 311 g/mol. The maximum absolute atomic E-state index is 12.0. The second-order valence-electron chi connectivity index (χ2n) is 5.39. The first-order chi connectivity index (χ1) is 11.1. The Kier molecular flexibility index (Phi) is 4.23. The van der Waals surface area contributed by atoms with Crippen LogP contribution in [-0.2, 0) is 22.6 Å². The molecule has 1 aromatic carbocycles. The minimum atomic E-state index is -0.503. The molecule has 0 radical (unpaired) electrons. The Morgan fingerprint density at radius 1 is 1.26 bits per heavy atom. The van der Waals surface area contributed by atoms with Crippen molar-refractivity contribution in [2.24, 2.45) is 0 Å². The molecule has 1 aliphatic rings. The molecule has 0 saturated heterocycles. The highest BCUT2D eigenvalue weighted by Gasteiger charge is 2.23. The number of hydrogen-bond acceptors (Lipinski definition) is 4. The Morgan fingerprint density at radius 2 is 2.04 bits per heavy atom. The summed E-state index contributed by atoms with van der Waals surface area (Å²) < 4.78 is 5.49. The van der Waals surface area contributed by atoms with Gasteiger partial charge in [-0.3, -0.25) is 14.6 Å². The van der Waals surface area contributed by atoms with E-state index in [1.807, 2.05) is 18.2 Å². The zero-order valence-corrected chi connectivity index (χ0v) is 12.7. The lowest BCUT2D eigenvalue weighted by atomic mass is 10.1. The fourth-order valence-electron chi connectivity index (χ4n) is 2.32. The summed E-state index contributed by atoms with van der Waals surface area (Å²) in [6.45, 7) is 2.16. The number of hydrogen-bond donors (Lipinski definition) is 2. The number of ether oxygens (including phenoxy) is 1. The largest absolute Gasteiger partial charge is 0.479 e. The van der Waals surface area contributed by atoms with Crippen molar-refractivity contribution in [2.75, 3.05) is 5.32 Å². The van der Waals surface area contributed by atoms with Crippen molar-refractivity contribution in [3.05, 3.63) is 53.9 Å². The lowest BCUT2D eigenvalue weighted by Gasteiger charge is -2.23. The molecule has 2 amide bonds. The molecule has 0 saturated carbocycles. The molecule has 2 N–H and O–H groups in total. The van der Waals surface area contributed by atoms with Gasteiger partial charge in [0.15, 0.2) is 6.10 Å². The lowest BCUT2D eigenvalue weighted by Crippen LogP contribution is -2.34. The van der Waals surface area contributed by atoms with E-state index in [0.29, 0.717) is 18.0 Å². The predicted octanol–water partition coefficient (Wildman–Crippen LogP) is 1.66. The summed E-state index contributed by atoms with van der Waals surface area (Å²) in [5, 5.41) is 5.64. The maximum atomic E-state index is 12.0. The fraction of sp³-hybridized carbons (Fsp3) is 0.235. The number of anilines is 1. The number of nitrogens with zero attached hydrogens (tertiary/aromatic N) is 1. The molecule has 6 nitrogen and oxygen atoms in total. The van der Waals surface area contributed by atoms with Gasteiger partial charge in [0.1, 0.15) is 5.75 Å². The molecule has 0 fully saturated rings. The van der Waals surface area contributed by atoms with Gasteiger partial charge in [-0.05, 0) is 42.3 Å². The average Bonchev–Trinajstić information content (AvgIpc) is 2.55. The number of rotatable bonds is 4. The van der Waals surface area contributed by atoms with E-state index in [2.05, 4.69) is 15.6 Å². The van der Waals surface area contributed by atoms with Crippen LogP contribution in [0.4, 0.5) is 5.69 Å². The van der Waals surface area contributed by atoms with Crippen molar-refractivity contribution in [3.63, 3.8) is 0 Å². The first kappa shape index (κ1) is 15.0. The summed E-state index contributed by atoms with van der Waals surface area (Å²) in [5.41, 5.74) is 2.41. The minimum Gasteiger partial charge on any atom is -0.479 e. The van der Waals surface area contributed by atoms with Gasteiger partial charge in [0.25, 0.3) is 5.91 Å². The van der Waals surface area contributed by atoms with Gasteiger partial charge in [0, 0.05) is 18.9 Å². The molecule has 2 aromatic rings. The van der Waals surface area contributed by atoms with Gasteiger partial charge < -0.3 is 15.4 Å². The number of carbonyl (C=O) groups is 2. The van der Waals surface area contributed by atoms with Crippen LogP contribution >= 0.6 is 0 Å². The van der Waals surface area contributed by atoms with E-state index in [9.17, 15) is 9.59 Å². The maximum Gasteiger partial charge on any atom is 0.265 e. The van der Waals surface area contributed by atoms with Crippen LogP contribution in [0.5, 0.6) is 5.75 Å². The normalized spacial score (nSPS) is 16.0. The van der Waals surface area contributed by atoms with Gasteiger partial charge in [0.05, 0.1) is 12.1 Å². The Labute approximate surface area is 133 Å². The highest BCUT2D eigenvalue weighted by Crippen LogP contribution is 2.30. The number of pyridine rings is 1. The third-order valence-corrected chi connectivity index (χ3v) is 3.58. The topological polar surface area (TPSA) is 80.3 Å². The smallest absolute Gasteiger partial charge is 0.265 e. The van der Waals surface area contributed by atoms with E-state index in [0.717, 1.165) is 11.1 Å². The molecule has 0 spiro atoms. The van der Waals surface area contributed by atoms with Crippen LogP contribution in [0.1, 0.15) is 18.1 Å². The van der Waals surface area contributed by atoms with Crippen molar-refractivity contribution >= 4 is 17.5 Å². The van der Waals surface area contributed by atoms with E-state index in [-0.39, 0.29) is 18.2 Å². The van der Waals surface area contributed by atoms with E-state index >= 15 is 0 Å². The Balaban J connectivity index is 1.61. The zero-order valence-electron chi connectivity index (χ0n) is 12.7. The van der Waals surface area contributed by atoms with Crippen molar-refractivity contribution in [2.45, 2.75) is 26.0 Å². The second-order valence-corrected chi connectivity index (χ2v) is 5.39. The molecule has 2 heterocycles. The number of fused-ring (bicyclic) bond motifs is 1.